The van der Waals surface area contributed by atoms with Gasteiger partial charge in [-0.2, -0.15) is 0 Å². The lowest BCUT2D eigenvalue weighted by Crippen LogP contribution is -2.06. The summed E-state index contributed by atoms with van der Waals surface area (Å²) < 4.78 is 0. The van der Waals surface area contributed by atoms with Gasteiger partial charge < -0.3 is 5.32 Å². The molecule has 0 atom stereocenters. The van der Waals surface area contributed by atoms with Gasteiger partial charge in [0.05, 0.1) is 15.7 Å². The topological polar surface area (TPSA) is 37.8 Å². The van der Waals surface area contributed by atoms with E-state index in [9.17, 15) is 0 Å². The Kier molecular flexibility index (Phi) is 4.61. The molecule has 0 aliphatic carbocycles. The molecule has 19 heavy (non-hydrogen) atoms. The third-order valence-corrected chi connectivity index (χ3v) is 3.67. The van der Waals surface area contributed by atoms with Gasteiger partial charge in [0, 0.05) is 17.7 Å². The molecule has 0 aliphatic heterocycles. The van der Waals surface area contributed by atoms with Crippen molar-refractivity contribution in [2.45, 2.75) is 20.3 Å². The highest BCUT2D eigenvalue weighted by Gasteiger charge is 2.14. The maximum Gasteiger partial charge on any atom is 0.133 e. The van der Waals surface area contributed by atoms with Crippen molar-refractivity contribution in [3.8, 4) is 11.3 Å². The first-order chi connectivity index (χ1) is 9.19. The molecule has 0 amide bonds. The Balaban J connectivity index is 2.61. The summed E-state index contributed by atoms with van der Waals surface area (Å²) in [7, 11) is 0. The molecule has 1 aromatic carbocycles. The quantitative estimate of drug-likeness (QED) is 0.906. The second-order valence-corrected chi connectivity index (χ2v) is 4.82. The molecule has 1 N–H and O–H groups in total. The molecular formula is C14H15Cl2N3. The van der Waals surface area contributed by atoms with Gasteiger partial charge in [0.2, 0.25) is 0 Å². The van der Waals surface area contributed by atoms with Gasteiger partial charge in [0.1, 0.15) is 12.1 Å². The van der Waals surface area contributed by atoms with Crippen molar-refractivity contribution < 1.29 is 0 Å². The van der Waals surface area contributed by atoms with Crippen molar-refractivity contribution in [3.05, 3.63) is 40.1 Å². The number of nitrogens with zero attached hydrogens (tertiary/aromatic N) is 2. The van der Waals surface area contributed by atoms with E-state index in [0.717, 1.165) is 35.6 Å². The van der Waals surface area contributed by atoms with E-state index in [0.29, 0.717) is 10.0 Å². The molecule has 0 saturated carbocycles. The van der Waals surface area contributed by atoms with Crippen LogP contribution in [0.4, 0.5) is 5.82 Å². The summed E-state index contributed by atoms with van der Waals surface area (Å²) in [4.78, 5) is 8.65. The van der Waals surface area contributed by atoms with E-state index in [1.165, 1.54) is 0 Å². The van der Waals surface area contributed by atoms with Gasteiger partial charge in [-0.15, -0.1) is 0 Å². The zero-order valence-electron chi connectivity index (χ0n) is 10.9. The van der Waals surface area contributed by atoms with E-state index >= 15 is 0 Å². The van der Waals surface area contributed by atoms with Crippen LogP contribution < -0.4 is 5.32 Å². The van der Waals surface area contributed by atoms with Crippen LogP contribution in [0.3, 0.4) is 0 Å². The number of benzene rings is 1. The van der Waals surface area contributed by atoms with Crippen LogP contribution in [0.25, 0.3) is 11.3 Å². The molecule has 1 heterocycles. The lowest BCUT2D eigenvalue weighted by molar-refractivity contribution is 1.03. The van der Waals surface area contributed by atoms with E-state index in [2.05, 4.69) is 22.2 Å². The van der Waals surface area contributed by atoms with Gasteiger partial charge in [-0.25, -0.2) is 9.97 Å². The first-order valence-electron chi connectivity index (χ1n) is 6.21. The summed E-state index contributed by atoms with van der Waals surface area (Å²) >= 11 is 12.3. The van der Waals surface area contributed by atoms with Crippen LogP contribution in [0, 0.1) is 0 Å². The number of aromatic nitrogens is 2. The van der Waals surface area contributed by atoms with E-state index in [4.69, 9.17) is 23.2 Å². The number of rotatable bonds is 4. The van der Waals surface area contributed by atoms with Crippen LogP contribution in [0.2, 0.25) is 10.0 Å². The van der Waals surface area contributed by atoms with Gasteiger partial charge in [0.25, 0.3) is 0 Å². The average Bonchev–Trinajstić information content (AvgIpc) is 2.42. The minimum absolute atomic E-state index is 0.528. The lowest BCUT2D eigenvalue weighted by Gasteiger charge is -2.13. The average molecular weight is 296 g/mol. The number of hydrogen-bond donors (Lipinski definition) is 1. The second-order valence-electron chi connectivity index (χ2n) is 4.03. The molecule has 0 fully saturated rings. The van der Waals surface area contributed by atoms with Gasteiger partial charge in [-0.05, 0) is 19.4 Å². The largest absolute Gasteiger partial charge is 0.370 e. The molecular weight excluding hydrogens is 281 g/mol. The van der Waals surface area contributed by atoms with Crippen LogP contribution in [0.15, 0.2) is 24.5 Å². The van der Waals surface area contributed by atoms with Gasteiger partial charge >= 0.3 is 0 Å². The maximum absolute atomic E-state index is 6.27. The third kappa shape index (κ3) is 2.82. The fourth-order valence-electron chi connectivity index (χ4n) is 1.99. The van der Waals surface area contributed by atoms with Crippen LogP contribution in [-0.4, -0.2) is 16.5 Å². The minimum Gasteiger partial charge on any atom is -0.370 e. The maximum atomic E-state index is 6.27. The number of anilines is 1. The summed E-state index contributed by atoms with van der Waals surface area (Å²) in [6.45, 7) is 4.92. The Morgan fingerprint density at radius 3 is 2.63 bits per heavy atom. The first kappa shape index (κ1) is 14.1. The van der Waals surface area contributed by atoms with Crippen molar-refractivity contribution in [3.63, 3.8) is 0 Å². The zero-order chi connectivity index (χ0) is 13.8. The van der Waals surface area contributed by atoms with Crippen molar-refractivity contribution in [2.24, 2.45) is 0 Å². The summed E-state index contributed by atoms with van der Waals surface area (Å²) in [5.41, 5.74) is 2.72. The Labute approximate surface area is 123 Å². The molecule has 2 rings (SSSR count). The number of hydrogen-bond acceptors (Lipinski definition) is 3. The minimum atomic E-state index is 0.528. The highest BCUT2D eigenvalue weighted by Crippen LogP contribution is 2.35. The Morgan fingerprint density at radius 2 is 1.95 bits per heavy atom. The fraction of sp³-hybridized carbons (Fsp3) is 0.286. The number of nitrogens with one attached hydrogen (secondary N) is 1. The lowest BCUT2D eigenvalue weighted by atomic mass is 10.0. The molecule has 0 aliphatic rings. The van der Waals surface area contributed by atoms with E-state index in [1.807, 2.05) is 19.1 Å². The molecule has 0 bridgehead atoms. The van der Waals surface area contributed by atoms with Crippen LogP contribution in [0.1, 0.15) is 19.4 Å². The van der Waals surface area contributed by atoms with Crippen molar-refractivity contribution in [1.29, 1.82) is 0 Å². The summed E-state index contributed by atoms with van der Waals surface area (Å²) in [6, 6.07) is 5.56. The SMILES string of the molecule is CCNc1ncnc(-c2cccc(Cl)c2Cl)c1CC. The van der Waals surface area contributed by atoms with E-state index < -0.39 is 0 Å². The normalized spacial score (nSPS) is 10.5. The number of halogens is 2. The molecule has 0 radical (unpaired) electrons. The highest BCUT2D eigenvalue weighted by molar-refractivity contribution is 6.43. The molecule has 5 heteroatoms. The molecule has 3 nitrogen and oxygen atoms in total. The molecule has 2 aromatic rings. The van der Waals surface area contributed by atoms with Gasteiger partial charge in [0.15, 0.2) is 0 Å². The smallest absolute Gasteiger partial charge is 0.133 e. The van der Waals surface area contributed by atoms with Gasteiger partial charge in [-0.1, -0.05) is 42.3 Å². The van der Waals surface area contributed by atoms with Crippen LogP contribution in [0.5, 0.6) is 0 Å². The summed E-state index contributed by atoms with van der Waals surface area (Å²) in [5, 5.41) is 4.30. The van der Waals surface area contributed by atoms with Crippen molar-refractivity contribution in [1.82, 2.24) is 9.97 Å². The Hall–Kier alpha value is -1.32. The highest BCUT2D eigenvalue weighted by atomic mass is 35.5. The predicted molar refractivity (Wildman–Crippen MR) is 81.0 cm³/mol. The molecule has 0 saturated heterocycles. The van der Waals surface area contributed by atoms with E-state index in [1.54, 1.807) is 12.4 Å². The monoisotopic (exact) mass is 295 g/mol. The van der Waals surface area contributed by atoms with E-state index in [-0.39, 0.29) is 0 Å². The third-order valence-electron chi connectivity index (χ3n) is 2.85. The van der Waals surface area contributed by atoms with Crippen LogP contribution >= 0.6 is 23.2 Å². The zero-order valence-corrected chi connectivity index (χ0v) is 12.4. The Bertz CT molecular complexity index is 585. The predicted octanol–water partition coefficient (Wildman–Crippen LogP) is 4.44. The standard InChI is InChI=1S/C14H15Cl2N3/c1-3-9-13(18-8-19-14(9)17-4-2)10-6-5-7-11(15)12(10)16/h5-8H,3-4H2,1-2H3,(H,17,18,19). The summed E-state index contributed by atoms with van der Waals surface area (Å²) in [5.74, 6) is 0.853. The molecule has 100 valence electrons. The molecule has 0 spiro atoms. The van der Waals surface area contributed by atoms with Crippen molar-refractivity contribution in [2.75, 3.05) is 11.9 Å². The Morgan fingerprint density at radius 1 is 1.16 bits per heavy atom. The fourth-order valence-corrected chi connectivity index (χ4v) is 2.38. The van der Waals surface area contributed by atoms with Crippen LogP contribution in [-0.2, 0) is 6.42 Å². The second kappa shape index (κ2) is 6.22. The summed E-state index contributed by atoms with van der Waals surface area (Å²) in [6.07, 6.45) is 2.37. The van der Waals surface area contributed by atoms with Crippen molar-refractivity contribution >= 4 is 29.0 Å². The van der Waals surface area contributed by atoms with Gasteiger partial charge in [-0.3, -0.25) is 0 Å². The first-order valence-corrected chi connectivity index (χ1v) is 6.96. The molecule has 1 aromatic heterocycles. The molecule has 0 unspecified atom stereocenters.